The zero-order chi connectivity index (χ0) is 18.0. The number of carbonyl (C=O) groups excluding carboxylic acids is 1. The molecule has 0 aromatic heterocycles. The van der Waals surface area contributed by atoms with Crippen LogP contribution in [-0.4, -0.2) is 18.7 Å². The van der Waals surface area contributed by atoms with Gasteiger partial charge < -0.3 is 10.1 Å². The molecule has 0 heterocycles. The summed E-state index contributed by atoms with van der Waals surface area (Å²) in [6.45, 7) is 1.60. The number of rotatable bonds is 7. The maximum Gasteiger partial charge on any atom is 0.573 e. The molecule has 1 aliphatic carbocycles. The number of alkyl halides is 5. The van der Waals surface area contributed by atoms with Gasteiger partial charge in [0, 0.05) is 11.8 Å². The zero-order valence-electron chi connectivity index (χ0n) is 13.0. The molecule has 2 rings (SSSR count). The molecule has 1 atom stereocenters. The minimum Gasteiger partial charge on any atom is -0.406 e. The standard InChI is InChI=1S/C16H18F5NO2/c1-10(11-3-2-4-12(9-11)24-16(19,20)21)22-13(23)5-6-15(7-8-15)14(17)18/h2-4,9-10,14H,5-8H2,1H3,(H,22,23). The predicted octanol–water partition coefficient (Wildman–Crippen LogP) is 4.59. The third-order valence-electron chi connectivity index (χ3n) is 4.17. The summed E-state index contributed by atoms with van der Waals surface area (Å²) in [5, 5.41) is 2.60. The third kappa shape index (κ3) is 5.07. The summed E-state index contributed by atoms with van der Waals surface area (Å²) in [5.41, 5.74) is -0.596. The van der Waals surface area contributed by atoms with Crippen LogP contribution in [0.1, 0.15) is 44.2 Å². The number of benzene rings is 1. The number of nitrogens with one attached hydrogen (secondary N) is 1. The topological polar surface area (TPSA) is 38.3 Å². The first-order valence-electron chi connectivity index (χ1n) is 7.54. The Morgan fingerprint density at radius 3 is 2.54 bits per heavy atom. The molecule has 0 spiro atoms. The number of halogens is 5. The highest BCUT2D eigenvalue weighted by atomic mass is 19.4. The van der Waals surface area contributed by atoms with Crippen LogP contribution in [0.4, 0.5) is 22.0 Å². The fraction of sp³-hybridized carbons (Fsp3) is 0.562. The molecule has 0 bridgehead atoms. The van der Waals surface area contributed by atoms with E-state index in [1.54, 1.807) is 13.0 Å². The van der Waals surface area contributed by atoms with Gasteiger partial charge in [-0.25, -0.2) is 8.78 Å². The largest absolute Gasteiger partial charge is 0.573 e. The monoisotopic (exact) mass is 351 g/mol. The lowest BCUT2D eigenvalue weighted by Crippen LogP contribution is -2.28. The summed E-state index contributed by atoms with van der Waals surface area (Å²) in [6, 6.07) is 4.71. The van der Waals surface area contributed by atoms with E-state index < -0.39 is 30.2 Å². The second-order valence-corrected chi connectivity index (χ2v) is 6.07. The van der Waals surface area contributed by atoms with E-state index in [0.717, 1.165) is 6.07 Å². The molecule has 1 N–H and O–H groups in total. The Kier molecular flexibility index (Phi) is 5.35. The Bertz CT molecular complexity index is 584. The predicted molar refractivity (Wildman–Crippen MR) is 76.6 cm³/mol. The minimum atomic E-state index is -4.79. The average molecular weight is 351 g/mol. The number of hydrogen-bond donors (Lipinski definition) is 1. The highest BCUT2D eigenvalue weighted by Crippen LogP contribution is 2.54. The summed E-state index contributed by atoms with van der Waals surface area (Å²) in [5.74, 6) is -0.785. The molecule has 134 valence electrons. The van der Waals surface area contributed by atoms with Crippen LogP contribution in [0.5, 0.6) is 5.75 Å². The summed E-state index contributed by atoms with van der Waals surface area (Å²) >= 11 is 0. The lowest BCUT2D eigenvalue weighted by molar-refractivity contribution is -0.274. The van der Waals surface area contributed by atoms with Crippen LogP contribution in [0.25, 0.3) is 0 Å². The van der Waals surface area contributed by atoms with Crippen molar-refractivity contribution in [1.82, 2.24) is 5.32 Å². The number of hydrogen-bond acceptors (Lipinski definition) is 2. The van der Waals surface area contributed by atoms with Gasteiger partial charge in [-0.3, -0.25) is 4.79 Å². The van der Waals surface area contributed by atoms with Gasteiger partial charge in [0.15, 0.2) is 0 Å². The Hall–Kier alpha value is -1.86. The van der Waals surface area contributed by atoms with Gasteiger partial charge in [-0.15, -0.1) is 13.2 Å². The molecule has 1 amide bonds. The van der Waals surface area contributed by atoms with Crippen molar-refractivity contribution in [1.29, 1.82) is 0 Å². The van der Waals surface area contributed by atoms with Gasteiger partial charge in [0.2, 0.25) is 12.3 Å². The van der Waals surface area contributed by atoms with Gasteiger partial charge in [-0.1, -0.05) is 12.1 Å². The van der Waals surface area contributed by atoms with Gasteiger partial charge in [0.25, 0.3) is 0 Å². The van der Waals surface area contributed by atoms with Gasteiger partial charge in [-0.05, 0) is 43.9 Å². The van der Waals surface area contributed by atoms with Gasteiger partial charge in [0.1, 0.15) is 5.75 Å². The van der Waals surface area contributed by atoms with Crippen LogP contribution in [0.3, 0.4) is 0 Å². The van der Waals surface area contributed by atoms with E-state index in [0.29, 0.717) is 18.4 Å². The number of carbonyl (C=O) groups is 1. The molecule has 3 nitrogen and oxygen atoms in total. The highest BCUT2D eigenvalue weighted by Gasteiger charge is 2.50. The average Bonchev–Trinajstić information content (AvgIpc) is 3.25. The highest BCUT2D eigenvalue weighted by molar-refractivity contribution is 5.76. The minimum absolute atomic E-state index is 0.0343. The molecule has 0 saturated heterocycles. The van der Waals surface area contributed by atoms with E-state index in [1.807, 2.05) is 0 Å². The fourth-order valence-corrected chi connectivity index (χ4v) is 2.48. The van der Waals surface area contributed by atoms with Crippen molar-refractivity contribution in [2.75, 3.05) is 0 Å². The van der Waals surface area contributed by atoms with Crippen LogP contribution >= 0.6 is 0 Å². The molecule has 1 aliphatic rings. The van der Waals surface area contributed by atoms with Crippen molar-refractivity contribution in [3.05, 3.63) is 29.8 Å². The van der Waals surface area contributed by atoms with Crippen molar-refractivity contribution in [2.24, 2.45) is 5.41 Å². The molecule has 0 radical (unpaired) electrons. The van der Waals surface area contributed by atoms with Crippen LogP contribution in [0.15, 0.2) is 24.3 Å². The number of ether oxygens (including phenoxy) is 1. The Morgan fingerprint density at radius 1 is 1.33 bits per heavy atom. The first-order chi connectivity index (χ1) is 11.1. The Morgan fingerprint density at radius 2 is 2.00 bits per heavy atom. The quantitative estimate of drug-likeness (QED) is 0.730. The molecule has 24 heavy (non-hydrogen) atoms. The van der Waals surface area contributed by atoms with Crippen molar-refractivity contribution < 1.29 is 31.5 Å². The van der Waals surface area contributed by atoms with Gasteiger partial charge in [0.05, 0.1) is 6.04 Å². The Labute approximate surface area is 136 Å². The van der Waals surface area contributed by atoms with Crippen molar-refractivity contribution in [3.63, 3.8) is 0 Å². The van der Waals surface area contributed by atoms with Gasteiger partial charge >= 0.3 is 6.36 Å². The van der Waals surface area contributed by atoms with Crippen LogP contribution < -0.4 is 10.1 Å². The van der Waals surface area contributed by atoms with E-state index in [2.05, 4.69) is 10.1 Å². The molecule has 8 heteroatoms. The molecule has 1 fully saturated rings. The smallest absolute Gasteiger partial charge is 0.406 e. The molecule has 0 aliphatic heterocycles. The second-order valence-electron chi connectivity index (χ2n) is 6.07. The summed E-state index contributed by atoms with van der Waals surface area (Å²) < 4.78 is 66.1. The fourth-order valence-electron chi connectivity index (χ4n) is 2.48. The van der Waals surface area contributed by atoms with E-state index in [4.69, 9.17) is 0 Å². The van der Waals surface area contributed by atoms with Crippen molar-refractivity contribution >= 4 is 5.91 Å². The normalized spacial score (nSPS) is 17.5. The molecule has 1 unspecified atom stereocenters. The van der Waals surface area contributed by atoms with E-state index in [9.17, 15) is 26.7 Å². The van der Waals surface area contributed by atoms with Crippen LogP contribution in [-0.2, 0) is 4.79 Å². The lowest BCUT2D eigenvalue weighted by atomic mass is 10.0. The van der Waals surface area contributed by atoms with Crippen molar-refractivity contribution in [3.8, 4) is 5.75 Å². The molecule has 1 aromatic carbocycles. The third-order valence-corrected chi connectivity index (χ3v) is 4.17. The maximum atomic E-state index is 12.8. The molecule has 1 saturated carbocycles. The molecular formula is C16H18F5NO2. The second kappa shape index (κ2) is 6.94. The number of amides is 1. The summed E-state index contributed by atoms with van der Waals surface area (Å²) in [4.78, 5) is 11.9. The van der Waals surface area contributed by atoms with Crippen molar-refractivity contribution in [2.45, 2.75) is 51.4 Å². The first kappa shape index (κ1) is 18.5. The Balaban J connectivity index is 1.88. The summed E-state index contributed by atoms with van der Waals surface area (Å²) in [6.07, 6.45) is -6.31. The zero-order valence-corrected chi connectivity index (χ0v) is 13.0. The van der Waals surface area contributed by atoms with E-state index in [1.165, 1.54) is 12.1 Å². The van der Waals surface area contributed by atoms with E-state index >= 15 is 0 Å². The van der Waals surface area contributed by atoms with Gasteiger partial charge in [-0.2, -0.15) is 0 Å². The lowest BCUT2D eigenvalue weighted by Gasteiger charge is -2.18. The van der Waals surface area contributed by atoms with Crippen LogP contribution in [0.2, 0.25) is 0 Å². The SMILES string of the molecule is CC(NC(=O)CCC1(C(F)F)CC1)c1cccc(OC(F)(F)F)c1. The van der Waals surface area contributed by atoms with E-state index in [-0.39, 0.29) is 18.6 Å². The van der Waals surface area contributed by atoms with Crippen LogP contribution in [0, 0.1) is 5.41 Å². The first-order valence-corrected chi connectivity index (χ1v) is 7.54. The molecule has 1 aromatic rings. The summed E-state index contributed by atoms with van der Waals surface area (Å²) in [7, 11) is 0. The molecular weight excluding hydrogens is 333 g/mol. The maximum absolute atomic E-state index is 12.8.